The summed E-state index contributed by atoms with van der Waals surface area (Å²) < 4.78 is 5.72. The van der Waals surface area contributed by atoms with Gasteiger partial charge in [0.25, 0.3) is 0 Å². The van der Waals surface area contributed by atoms with Gasteiger partial charge in [0.15, 0.2) is 0 Å². The first kappa shape index (κ1) is 14.6. The van der Waals surface area contributed by atoms with Gasteiger partial charge in [-0.1, -0.05) is 18.8 Å². The Balaban J connectivity index is 3.02. The molecule has 98 valence electrons. The Morgan fingerprint density at radius 1 is 1.22 bits per heavy atom. The Bertz CT molecular complexity index is 447. The maximum atomic E-state index is 9.59. The van der Waals surface area contributed by atoms with Crippen molar-refractivity contribution in [1.29, 1.82) is 0 Å². The van der Waals surface area contributed by atoms with Crippen LogP contribution in [0.1, 0.15) is 43.9 Å². The number of hydrogen-bond acceptors (Lipinski definition) is 2. The van der Waals surface area contributed by atoms with E-state index in [0.717, 1.165) is 35.5 Å². The summed E-state index contributed by atoms with van der Waals surface area (Å²) >= 11 is 0. The van der Waals surface area contributed by atoms with E-state index in [1.165, 1.54) is 0 Å². The molecule has 0 saturated carbocycles. The molecular weight excluding hydrogens is 224 g/mol. The van der Waals surface area contributed by atoms with Gasteiger partial charge < -0.3 is 9.84 Å². The average Bonchev–Trinajstić information content (AvgIpc) is 2.24. The number of hydrogen-bond donors (Lipinski definition) is 1. The van der Waals surface area contributed by atoms with Crippen LogP contribution in [0.2, 0.25) is 0 Å². The third-order valence-electron chi connectivity index (χ3n) is 2.42. The predicted molar refractivity (Wildman–Crippen MR) is 74.9 cm³/mol. The molecule has 2 heteroatoms. The van der Waals surface area contributed by atoms with Crippen molar-refractivity contribution < 1.29 is 9.84 Å². The van der Waals surface area contributed by atoms with Crippen LogP contribution in [0.3, 0.4) is 0 Å². The Hall–Kier alpha value is -1.46. The van der Waals surface area contributed by atoms with Crippen molar-refractivity contribution in [3.63, 3.8) is 0 Å². The summed E-state index contributed by atoms with van der Waals surface area (Å²) in [6, 6.07) is 3.99. The first-order valence-corrected chi connectivity index (χ1v) is 6.33. The van der Waals surface area contributed by atoms with Gasteiger partial charge in [-0.3, -0.25) is 0 Å². The quantitative estimate of drug-likeness (QED) is 0.830. The zero-order valence-electron chi connectivity index (χ0n) is 11.9. The molecule has 0 aliphatic carbocycles. The molecule has 1 N–H and O–H groups in total. The van der Waals surface area contributed by atoms with Gasteiger partial charge in [-0.15, -0.1) is 0 Å². The van der Waals surface area contributed by atoms with Gasteiger partial charge in [-0.05, 0) is 57.4 Å². The van der Waals surface area contributed by atoms with Gasteiger partial charge in [0.1, 0.15) is 11.4 Å². The van der Waals surface area contributed by atoms with Crippen molar-refractivity contribution in [1.82, 2.24) is 0 Å². The minimum absolute atomic E-state index is 0.733. The third-order valence-corrected chi connectivity index (χ3v) is 2.42. The average molecular weight is 246 g/mol. The van der Waals surface area contributed by atoms with Gasteiger partial charge >= 0.3 is 0 Å². The minimum atomic E-state index is -0.959. The Kier molecular flexibility index (Phi) is 4.81. The van der Waals surface area contributed by atoms with Crippen molar-refractivity contribution in [2.24, 2.45) is 0 Å². The Labute approximate surface area is 110 Å². The van der Waals surface area contributed by atoms with Crippen LogP contribution < -0.4 is 4.74 Å². The van der Waals surface area contributed by atoms with E-state index in [1.54, 1.807) is 13.8 Å². The van der Waals surface area contributed by atoms with Crippen LogP contribution in [0.15, 0.2) is 12.1 Å². The van der Waals surface area contributed by atoms with Crippen LogP contribution in [0.25, 0.3) is 0 Å². The summed E-state index contributed by atoms with van der Waals surface area (Å²) in [5.41, 5.74) is 2.13. The third kappa shape index (κ3) is 4.43. The maximum Gasteiger partial charge on any atom is 0.125 e. The number of benzene rings is 1. The summed E-state index contributed by atoms with van der Waals surface area (Å²) in [5, 5.41) is 9.59. The Morgan fingerprint density at radius 2 is 1.78 bits per heavy atom. The van der Waals surface area contributed by atoms with Crippen LogP contribution in [0.4, 0.5) is 0 Å². The van der Waals surface area contributed by atoms with Crippen molar-refractivity contribution in [3.8, 4) is 17.6 Å². The highest BCUT2D eigenvalue weighted by atomic mass is 16.5. The number of ether oxygens (including phenoxy) is 1. The fraction of sp³-hybridized carbons (Fsp3) is 0.500. The minimum Gasteiger partial charge on any atom is -0.493 e. The fourth-order valence-corrected chi connectivity index (χ4v) is 1.68. The number of aliphatic hydroxyl groups is 1. The lowest BCUT2D eigenvalue weighted by Crippen LogP contribution is -2.14. The second-order valence-corrected chi connectivity index (χ2v) is 5.10. The summed E-state index contributed by atoms with van der Waals surface area (Å²) in [4.78, 5) is 0. The topological polar surface area (TPSA) is 29.5 Å². The van der Waals surface area contributed by atoms with Crippen molar-refractivity contribution in [3.05, 3.63) is 28.8 Å². The van der Waals surface area contributed by atoms with Crippen LogP contribution in [0.5, 0.6) is 5.75 Å². The summed E-state index contributed by atoms with van der Waals surface area (Å²) in [5.74, 6) is 6.76. The highest BCUT2D eigenvalue weighted by Gasteiger charge is 2.08. The van der Waals surface area contributed by atoms with Gasteiger partial charge in [0.2, 0.25) is 0 Å². The molecule has 0 aliphatic heterocycles. The van der Waals surface area contributed by atoms with E-state index < -0.39 is 5.60 Å². The molecule has 0 aromatic heterocycles. The monoisotopic (exact) mass is 246 g/mol. The molecule has 0 radical (unpaired) electrons. The van der Waals surface area contributed by atoms with Crippen molar-refractivity contribution in [2.75, 3.05) is 6.61 Å². The molecule has 0 aliphatic rings. The van der Waals surface area contributed by atoms with E-state index in [2.05, 4.69) is 18.8 Å². The molecular formula is C16H22O2. The molecule has 0 bridgehead atoms. The first-order valence-electron chi connectivity index (χ1n) is 6.33. The lowest BCUT2D eigenvalue weighted by atomic mass is 10.0. The van der Waals surface area contributed by atoms with Crippen LogP contribution in [-0.2, 0) is 0 Å². The lowest BCUT2D eigenvalue weighted by molar-refractivity contribution is 0.143. The number of rotatable bonds is 3. The van der Waals surface area contributed by atoms with Gasteiger partial charge in [0.05, 0.1) is 6.61 Å². The molecule has 0 fully saturated rings. The predicted octanol–water partition coefficient (Wildman–Crippen LogP) is 3.21. The molecule has 1 rings (SSSR count). The molecule has 1 aromatic rings. The van der Waals surface area contributed by atoms with Gasteiger partial charge in [0, 0.05) is 5.56 Å². The van der Waals surface area contributed by atoms with E-state index in [1.807, 2.05) is 26.0 Å². The Morgan fingerprint density at radius 3 is 2.22 bits per heavy atom. The van der Waals surface area contributed by atoms with E-state index in [9.17, 15) is 5.11 Å². The zero-order chi connectivity index (χ0) is 13.8. The number of aryl methyl sites for hydroxylation is 2. The molecule has 0 spiro atoms. The molecule has 0 atom stereocenters. The van der Waals surface area contributed by atoms with Gasteiger partial charge in [-0.2, -0.15) is 0 Å². The van der Waals surface area contributed by atoms with E-state index in [4.69, 9.17) is 4.74 Å². The van der Waals surface area contributed by atoms with E-state index in [0.29, 0.717) is 0 Å². The standard InChI is InChI=1S/C16H22O2/c1-6-9-18-15-12(2)10-14(11-13(15)3)7-8-16(4,5)17/h10-11,17H,6,9H2,1-5H3. The van der Waals surface area contributed by atoms with Crippen LogP contribution in [-0.4, -0.2) is 17.3 Å². The van der Waals surface area contributed by atoms with E-state index >= 15 is 0 Å². The summed E-state index contributed by atoms with van der Waals surface area (Å²) in [6.45, 7) is 10.2. The molecule has 0 amide bonds. The summed E-state index contributed by atoms with van der Waals surface area (Å²) in [7, 11) is 0. The summed E-state index contributed by atoms with van der Waals surface area (Å²) in [6.07, 6.45) is 0.999. The second-order valence-electron chi connectivity index (χ2n) is 5.10. The molecule has 0 heterocycles. The zero-order valence-corrected chi connectivity index (χ0v) is 11.9. The normalized spacial score (nSPS) is 10.8. The van der Waals surface area contributed by atoms with Crippen LogP contribution in [0, 0.1) is 25.7 Å². The SMILES string of the molecule is CCCOc1c(C)cc(C#CC(C)(C)O)cc1C. The fourth-order valence-electron chi connectivity index (χ4n) is 1.68. The molecule has 2 nitrogen and oxygen atoms in total. The van der Waals surface area contributed by atoms with Gasteiger partial charge in [-0.25, -0.2) is 0 Å². The molecule has 18 heavy (non-hydrogen) atoms. The largest absolute Gasteiger partial charge is 0.493 e. The van der Waals surface area contributed by atoms with Crippen molar-refractivity contribution >= 4 is 0 Å². The van der Waals surface area contributed by atoms with E-state index in [-0.39, 0.29) is 0 Å². The first-order chi connectivity index (χ1) is 8.33. The second kappa shape index (κ2) is 5.93. The molecule has 0 saturated heterocycles. The molecule has 1 aromatic carbocycles. The lowest BCUT2D eigenvalue weighted by Gasteiger charge is -2.12. The molecule has 0 unspecified atom stereocenters. The highest BCUT2D eigenvalue weighted by Crippen LogP contribution is 2.24. The van der Waals surface area contributed by atoms with Crippen molar-refractivity contribution in [2.45, 2.75) is 46.6 Å². The smallest absolute Gasteiger partial charge is 0.125 e. The van der Waals surface area contributed by atoms with Crippen LogP contribution >= 0.6 is 0 Å². The maximum absolute atomic E-state index is 9.59. The highest BCUT2D eigenvalue weighted by molar-refractivity contribution is 5.49.